The molecule has 2 saturated carbocycles. The number of rotatable bonds is 4. The molecular formula is C23H21F2N3O5. The highest BCUT2D eigenvalue weighted by Gasteiger charge is 2.72. The van der Waals surface area contributed by atoms with E-state index in [1.54, 1.807) is 4.90 Å². The summed E-state index contributed by atoms with van der Waals surface area (Å²) in [5, 5.41) is 2.48. The van der Waals surface area contributed by atoms with Crippen molar-refractivity contribution in [3.63, 3.8) is 0 Å². The van der Waals surface area contributed by atoms with Crippen LogP contribution in [-0.2, 0) is 17.8 Å². The Morgan fingerprint density at radius 1 is 1.33 bits per heavy atom. The first kappa shape index (κ1) is 20.3. The van der Waals surface area contributed by atoms with E-state index in [1.807, 2.05) is 0 Å². The lowest BCUT2D eigenvalue weighted by atomic mass is 9.76. The third-order valence-corrected chi connectivity index (χ3v) is 7.49. The van der Waals surface area contributed by atoms with Gasteiger partial charge in [0.15, 0.2) is 17.7 Å². The molecule has 8 nitrogen and oxygen atoms in total. The Kier molecular flexibility index (Phi) is 4.23. The normalized spacial score (nSPS) is 28.6. The number of ether oxygens (including phenoxy) is 2. The van der Waals surface area contributed by atoms with Gasteiger partial charge >= 0.3 is 0 Å². The van der Waals surface area contributed by atoms with Gasteiger partial charge in [-0.05, 0) is 25.3 Å². The van der Waals surface area contributed by atoms with Crippen LogP contribution in [0.3, 0.4) is 0 Å². The molecule has 3 heterocycles. The molecular weight excluding hydrogens is 436 g/mol. The molecule has 2 aliphatic heterocycles. The van der Waals surface area contributed by atoms with E-state index < -0.39 is 29.2 Å². The van der Waals surface area contributed by atoms with Crippen molar-refractivity contribution in [2.45, 2.75) is 50.7 Å². The summed E-state index contributed by atoms with van der Waals surface area (Å²) in [6.07, 6.45) is 3.93. The van der Waals surface area contributed by atoms with Crippen LogP contribution in [0.2, 0.25) is 0 Å². The van der Waals surface area contributed by atoms with Gasteiger partial charge in [0, 0.05) is 35.8 Å². The molecule has 1 N–H and O–H groups in total. The lowest BCUT2D eigenvalue weighted by Gasteiger charge is -2.51. The molecule has 1 aromatic heterocycles. The molecule has 4 atom stereocenters. The first-order valence-electron chi connectivity index (χ1n) is 10.9. The van der Waals surface area contributed by atoms with Crippen molar-refractivity contribution in [2.75, 3.05) is 7.11 Å². The number of methoxy groups -OCH3 is 1. The predicted octanol–water partition coefficient (Wildman–Crippen LogP) is 1.80. The van der Waals surface area contributed by atoms with E-state index in [4.69, 9.17) is 9.47 Å². The Morgan fingerprint density at radius 2 is 2.15 bits per heavy atom. The van der Waals surface area contributed by atoms with E-state index in [1.165, 1.54) is 23.9 Å². The van der Waals surface area contributed by atoms with Crippen LogP contribution in [0, 0.1) is 17.0 Å². The quantitative estimate of drug-likeness (QED) is 0.757. The lowest BCUT2D eigenvalue weighted by molar-refractivity contribution is -0.196. The van der Waals surface area contributed by atoms with Crippen molar-refractivity contribution in [3.05, 3.63) is 63.1 Å². The molecule has 10 heteroatoms. The van der Waals surface area contributed by atoms with Gasteiger partial charge in [0.2, 0.25) is 5.43 Å². The molecule has 6 rings (SSSR count). The second kappa shape index (κ2) is 6.86. The Balaban J connectivity index is 1.31. The van der Waals surface area contributed by atoms with Gasteiger partial charge in [0.05, 0.1) is 19.8 Å². The molecule has 1 saturated heterocycles. The Labute approximate surface area is 187 Å². The topological polar surface area (TPSA) is 89.9 Å². The van der Waals surface area contributed by atoms with E-state index in [0.29, 0.717) is 0 Å². The van der Waals surface area contributed by atoms with Crippen LogP contribution >= 0.6 is 0 Å². The maximum absolute atomic E-state index is 13.9. The maximum atomic E-state index is 13.9. The van der Waals surface area contributed by atoms with E-state index in [9.17, 15) is 23.2 Å². The van der Waals surface area contributed by atoms with Crippen LogP contribution in [0.15, 0.2) is 29.2 Å². The average Bonchev–Trinajstić information content (AvgIpc) is 3.54. The van der Waals surface area contributed by atoms with Gasteiger partial charge in [-0.25, -0.2) is 8.78 Å². The third-order valence-electron chi connectivity index (χ3n) is 7.49. The van der Waals surface area contributed by atoms with Crippen molar-refractivity contribution < 1.29 is 27.8 Å². The molecule has 4 aliphatic rings. The Morgan fingerprint density at radius 3 is 2.85 bits per heavy atom. The summed E-state index contributed by atoms with van der Waals surface area (Å²) in [5.74, 6) is -2.83. The summed E-state index contributed by atoms with van der Waals surface area (Å²) in [6, 6.07) is 3.14. The number of fused-ring (bicyclic) bond motifs is 3. The SMILES string of the molecule is COc1c2n(cc(C(=O)NCc3ccc(F)cc3F)c1=O)C[C@H]1OC3CCC34C[C@H]4N1C2=O. The van der Waals surface area contributed by atoms with Crippen molar-refractivity contribution in [3.8, 4) is 5.75 Å². The van der Waals surface area contributed by atoms with E-state index in [0.717, 1.165) is 31.4 Å². The fraction of sp³-hybridized carbons (Fsp3) is 0.435. The largest absolute Gasteiger partial charge is 0.491 e. The molecule has 172 valence electrons. The highest BCUT2D eigenvalue weighted by atomic mass is 19.1. The number of pyridine rings is 1. The first-order chi connectivity index (χ1) is 15.8. The molecule has 1 spiro atoms. The fourth-order valence-electron chi connectivity index (χ4n) is 5.57. The minimum atomic E-state index is -0.803. The number of aromatic nitrogens is 1. The molecule has 1 aromatic carbocycles. The van der Waals surface area contributed by atoms with Crippen molar-refractivity contribution in [1.29, 1.82) is 0 Å². The zero-order valence-corrected chi connectivity index (χ0v) is 17.8. The van der Waals surface area contributed by atoms with Crippen LogP contribution in [0.25, 0.3) is 0 Å². The number of hydrogen-bond acceptors (Lipinski definition) is 5. The predicted molar refractivity (Wildman–Crippen MR) is 110 cm³/mol. The van der Waals surface area contributed by atoms with Crippen LogP contribution in [0.5, 0.6) is 5.75 Å². The van der Waals surface area contributed by atoms with Crippen LogP contribution in [0.4, 0.5) is 8.78 Å². The molecule has 0 radical (unpaired) electrons. The minimum Gasteiger partial charge on any atom is -0.491 e. The van der Waals surface area contributed by atoms with Crippen molar-refractivity contribution in [2.24, 2.45) is 5.41 Å². The van der Waals surface area contributed by atoms with Crippen LogP contribution < -0.4 is 15.5 Å². The number of carbonyl (C=O) groups is 2. The summed E-state index contributed by atoms with van der Waals surface area (Å²) < 4.78 is 40.0. The summed E-state index contributed by atoms with van der Waals surface area (Å²) in [6.45, 7) is 0.0337. The van der Waals surface area contributed by atoms with Gasteiger partial charge in [-0.3, -0.25) is 14.4 Å². The van der Waals surface area contributed by atoms with Gasteiger partial charge < -0.3 is 24.3 Å². The lowest BCUT2D eigenvalue weighted by Crippen LogP contribution is -2.61. The second-order valence-electron chi connectivity index (χ2n) is 9.11. The number of nitrogens with one attached hydrogen (secondary N) is 1. The highest BCUT2D eigenvalue weighted by molar-refractivity contribution is 5.99. The number of halogens is 2. The molecule has 2 unspecified atom stereocenters. The van der Waals surface area contributed by atoms with Crippen molar-refractivity contribution in [1.82, 2.24) is 14.8 Å². The fourth-order valence-corrected chi connectivity index (χ4v) is 5.57. The molecule has 0 bridgehead atoms. The summed E-state index contributed by atoms with van der Waals surface area (Å²) in [4.78, 5) is 40.9. The smallest absolute Gasteiger partial charge is 0.276 e. The second-order valence-corrected chi connectivity index (χ2v) is 9.11. The zero-order valence-electron chi connectivity index (χ0n) is 17.8. The Hall–Kier alpha value is -3.27. The molecule has 2 amide bonds. The zero-order chi connectivity index (χ0) is 23.1. The minimum absolute atomic E-state index is 0.0668. The van der Waals surface area contributed by atoms with Gasteiger partial charge in [0.25, 0.3) is 11.8 Å². The van der Waals surface area contributed by atoms with E-state index >= 15 is 0 Å². The average molecular weight is 457 g/mol. The number of benzene rings is 1. The summed E-state index contributed by atoms with van der Waals surface area (Å²) in [5.41, 5.74) is -0.720. The molecule has 3 fully saturated rings. The number of carbonyl (C=O) groups excluding carboxylic acids is 2. The highest BCUT2D eigenvalue weighted by Crippen LogP contribution is 2.67. The first-order valence-corrected chi connectivity index (χ1v) is 10.9. The number of hydrogen-bond donors (Lipinski definition) is 1. The summed E-state index contributed by atoms with van der Waals surface area (Å²) in [7, 11) is 1.28. The summed E-state index contributed by atoms with van der Waals surface area (Å²) >= 11 is 0. The third kappa shape index (κ3) is 2.79. The molecule has 2 aromatic rings. The van der Waals surface area contributed by atoms with Crippen LogP contribution in [-0.4, -0.2) is 46.8 Å². The van der Waals surface area contributed by atoms with Gasteiger partial charge in [-0.1, -0.05) is 6.07 Å². The van der Waals surface area contributed by atoms with E-state index in [2.05, 4.69) is 5.32 Å². The monoisotopic (exact) mass is 457 g/mol. The van der Waals surface area contributed by atoms with Crippen LogP contribution in [0.1, 0.15) is 45.7 Å². The van der Waals surface area contributed by atoms with Gasteiger partial charge in [-0.2, -0.15) is 0 Å². The van der Waals surface area contributed by atoms with E-state index in [-0.39, 0.29) is 59.1 Å². The van der Waals surface area contributed by atoms with Crippen molar-refractivity contribution >= 4 is 11.8 Å². The van der Waals surface area contributed by atoms with Gasteiger partial charge in [0.1, 0.15) is 17.2 Å². The Bertz CT molecular complexity index is 1280. The maximum Gasteiger partial charge on any atom is 0.276 e. The standard InChI is InChI=1S/C23H21F2N3O5/c1-32-20-18-22(31)28-15-7-23(15)5-4-16(23)33-17(28)10-27(18)9-13(19(20)29)21(30)26-8-11-2-3-12(24)6-14(11)25/h2-3,6,9,15-17H,4-5,7-8,10H2,1H3,(H,26,30)/t15-,16?,17-,23?/m1/s1. The molecule has 2 aliphatic carbocycles. The number of amides is 2. The molecule has 33 heavy (non-hydrogen) atoms. The van der Waals surface area contributed by atoms with Gasteiger partial charge in [-0.15, -0.1) is 0 Å². The number of nitrogens with zero attached hydrogens (tertiary/aromatic N) is 2.